The number of ether oxygens (including phenoxy) is 1. The largest absolute Gasteiger partial charge is 0.379 e. The lowest BCUT2D eigenvalue weighted by Crippen LogP contribution is -2.50. The van der Waals surface area contributed by atoms with E-state index in [9.17, 15) is 4.79 Å². The zero-order valence-corrected chi connectivity index (χ0v) is 17.1. The van der Waals surface area contributed by atoms with Crippen LogP contribution in [0.15, 0.2) is 36.4 Å². The number of nitrogens with one attached hydrogen (secondary N) is 1. The van der Waals surface area contributed by atoms with Gasteiger partial charge in [0.1, 0.15) is 11.2 Å². The number of hydrogen-bond donors (Lipinski definition) is 1. The molecule has 0 unspecified atom stereocenters. The highest BCUT2D eigenvalue weighted by Crippen LogP contribution is 2.38. The summed E-state index contributed by atoms with van der Waals surface area (Å²) in [6.45, 7) is 3.02. The predicted molar refractivity (Wildman–Crippen MR) is 109 cm³/mol. The van der Waals surface area contributed by atoms with E-state index in [4.69, 9.17) is 4.74 Å². The maximum absolute atomic E-state index is 12.5. The third kappa shape index (κ3) is 3.77. The van der Waals surface area contributed by atoms with Gasteiger partial charge >= 0.3 is 0 Å². The monoisotopic (exact) mass is 412 g/mol. The van der Waals surface area contributed by atoms with Crippen LogP contribution < -0.4 is 5.32 Å². The number of rotatable bonds is 5. The molecule has 2 aliphatic rings. The Balaban J connectivity index is 1.24. The molecule has 1 amide bonds. The van der Waals surface area contributed by atoms with E-state index in [0.29, 0.717) is 16.7 Å². The number of pyridine rings is 1. The van der Waals surface area contributed by atoms with Crippen molar-refractivity contribution in [1.29, 1.82) is 0 Å². The smallest absolute Gasteiger partial charge is 0.263 e. The Kier molecular flexibility index (Phi) is 5.03. The Hall–Kier alpha value is -2.36. The summed E-state index contributed by atoms with van der Waals surface area (Å²) in [6.07, 6.45) is 7.15. The fourth-order valence-corrected chi connectivity index (χ4v) is 5.36. The van der Waals surface area contributed by atoms with Gasteiger partial charge in [-0.05, 0) is 42.4 Å². The molecule has 1 aliphatic heterocycles. The van der Waals surface area contributed by atoms with Gasteiger partial charge in [-0.25, -0.2) is 9.50 Å². The van der Waals surface area contributed by atoms with E-state index in [0.717, 1.165) is 38.1 Å². The van der Waals surface area contributed by atoms with Crippen molar-refractivity contribution in [3.63, 3.8) is 0 Å². The van der Waals surface area contributed by atoms with Gasteiger partial charge in [-0.3, -0.25) is 14.7 Å². The Morgan fingerprint density at radius 1 is 1.34 bits per heavy atom. The summed E-state index contributed by atoms with van der Waals surface area (Å²) < 4.78 is 7.54. The van der Waals surface area contributed by atoms with Crippen LogP contribution in [-0.4, -0.2) is 62.7 Å². The number of likely N-dealkylation sites (tertiary alicyclic amines) is 1. The van der Waals surface area contributed by atoms with Crippen LogP contribution in [-0.2, 0) is 11.3 Å². The molecule has 3 aromatic heterocycles. The molecule has 29 heavy (non-hydrogen) atoms. The molecule has 1 aliphatic carbocycles. The minimum atomic E-state index is -0.0468. The van der Waals surface area contributed by atoms with Crippen LogP contribution in [0.4, 0.5) is 0 Å². The van der Waals surface area contributed by atoms with Gasteiger partial charge in [0.25, 0.3) is 5.91 Å². The lowest BCUT2D eigenvalue weighted by atomic mass is 9.77. The van der Waals surface area contributed by atoms with Crippen LogP contribution in [0, 0.1) is 11.8 Å². The first-order valence-corrected chi connectivity index (χ1v) is 10.8. The molecule has 0 spiro atoms. The number of amides is 1. The van der Waals surface area contributed by atoms with Crippen LogP contribution in [0.3, 0.4) is 0 Å². The minimum absolute atomic E-state index is 0.0446. The highest BCUT2D eigenvalue weighted by molar-refractivity contribution is 7.11. The average molecular weight is 413 g/mol. The van der Waals surface area contributed by atoms with Crippen molar-refractivity contribution < 1.29 is 9.53 Å². The normalized spacial score (nSPS) is 27.2. The first-order valence-electron chi connectivity index (χ1n) is 9.92. The van der Waals surface area contributed by atoms with Gasteiger partial charge in [0, 0.05) is 32.9 Å². The number of nitrogens with zero attached hydrogens (tertiary/aromatic N) is 5. The number of carbonyl (C=O) groups is 1. The van der Waals surface area contributed by atoms with Crippen molar-refractivity contribution in [3.05, 3.63) is 46.8 Å². The summed E-state index contributed by atoms with van der Waals surface area (Å²) in [6, 6.07) is 4.26. The van der Waals surface area contributed by atoms with Gasteiger partial charge in [-0.2, -0.15) is 5.10 Å². The van der Waals surface area contributed by atoms with Gasteiger partial charge in [0.05, 0.1) is 23.9 Å². The minimum Gasteiger partial charge on any atom is -0.379 e. The SMILES string of the molecule is CO[C@H]1C[C@@H]2CN(Cc3ccn4ncnc4c3)C[C@@H]2C[C@@H]1NC(=O)c1cncs1. The van der Waals surface area contributed by atoms with E-state index in [2.05, 4.69) is 37.4 Å². The first kappa shape index (κ1) is 18.7. The van der Waals surface area contributed by atoms with Gasteiger partial charge in [0.2, 0.25) is 0 Å². The van der Waals surface area contributed by atoms with Crippen LogP contribution in [0.5, 0.6) is 0 Å². The molecule has 8 nitrogen and oxygen atoms in total. The number of carbonyl (C=O) groups excluding carboxylic acids is 1. The highest BCUT2D eigenvalue weighted by Gasteiger charge is 2.42. The summed E-state index contributed by atoms with van der Waals surface area (Å²) in [5.41, 5.74) is 3.82. The predicted octanol–water partition coefficient (Wildman–Crippen LogP) is 1.84. The van der Waals surface area contributed by atoms with Crippen LogP contribution in [0.1, 0.15) is 28.1 Å². The van der Waals surface area contributed by atoms with Crippen LogP contribution >= 0.6 is 11.3 Å². The van der Waals surface area contributed by atoms with E-state index < -0.39 is 0 Å². The number of hydrogen-bond acceptors (Lipinski definition) is 7. The van der Waals surface area contributed by atoms with Gasteiger partial charge in [-0.15, -0.1) is 11.3 Å². The van der Waals surface area contributed by atoms with E-state index in [1.165, 1.54) is 16.9 Å². The number of fused-ring (bicyclic) bond motifs is 2. The number of thiazole rings is 1. The Morgan fingerprint density at radius 3 is 3.00 bits per heavy atom. The molecular weight excluding hydrogens is 388 g/mol. The van der Waals surface area contributed by atoms with Crippen molar-refractivity contribution in [2.75, 3.05) is 20.2 Å². The molecule has 2 fully saturated rings. The molecule has 1 saturated carbocycles. The standard InChI is InChI=1S/C20H24N6O2S/c1-28-17-6-15-10-25(8-13-2-3-26-19(4-13)22-11-23-26)9-14(15)5-16(17)24-20(27)18-7-21-12-29-18/h2-4,7,11-12,14-17H,5-6,8-10H2,1H3,(H,24,27)/t14-,15+,16-,17-/m0/s1. The molecule has 5 rings (SSSR count). The third-order valence-electron chi connectivity index (χ3n) is 6.22. The first-order chi connectivity index (χ1) is 14.2. The summed E-state index contributed by atoms with van der Waals surface area (Å²) >= 11 is 1.37. The zero-order chi connectivity index (χ0) is 19.8. The second-order valence-corrected chi connectivity index (χ2v) is 8.89. The van der Waals surface area contributed by atoms with Crippen molar-refractivity contribution in [2.24, 2.45) is 11.8 Å². The molecule has 0 bridgehead atoms. The second kappa shape index (κ2) is 7.81. The molecular formula is C20H24N6O2S. The summed E-state index contributed by atoms with van der Waals surface area (Å²) in [4.78, 5) is 23.9. The zero-order valence-electron chi connectivity index (χ0n) is 16.3. The van der Waals surface area contributed by atoms with E-state index >= 15 is 0 Å². The van der Waals surface area contributed by atoms with E-state index in [1.807, 2.05) is 6.20 Å². The van der Waals surface area contributed by atoms with Gasteiger partial charge in [0.15, 0.2) is 5.65 Å². The second-order valence-electron chi connectivity index (χ2n) is 8.00. The maximum atomic E-state index is 12.5. The number of aromatic nitrogens is 4. The summed E-state index contributed by atoms with van der Waals surface area (Å²) in [5.74, 6) is 1.13. The molecule has 0 aromatic carbocycles. The lowest BCUT2D eigenvalue weighted by Gasteiger charge is -2.37. The van der Waals surface area contributed by atoms with Crippen LogP contribution in [0.2, 0.25) is 0 Å². The van der Waals surface area contributed by atoms with Crippen molar-refractivity contribution >= 4 is 22.9 Å². The highest BCUT2D eigenvalue weighted by atomic mass is 32.1. The van der Waals surface area contributed by atoms with Gasteiger partial charge in [-0.1, -0.05) is 0 Å². The van der Waals surface area contributed by atoms with Gasteiger partial charge < -0.3 is 10.1 Å². The Bertz CT molecular complexity index is 990. The Morgan fingerprint density at radius 2 is 2.21 bits per heavy atom. The molecule has 4 heterocycles. The summed E-state index contributed by atoms with van der Waals surface area (Å²) in [7, 11) is 1.75. The lowest BCUT2D eigenvalue weighted by molar-refractivity contribution is 0.0125. The fourth-order valence-electron chi connectivity index (χ4n) is 4.83. The third-order valence-corrected chi connectivity index (χ3v) is 6.99. The average Bonchev–Trinajstić information content (AvgIpc) is 3.47. The number of methoxy groups -OCH3 is 1. The molecule has 3 aromatic rings. The van der Waals surface area contributed by atoms with Crippen molar-refractivity contribution in [2.45, 2.75) is 31.5 Å². The molecule has 9 heteroatoms. The van der Waals surface area contributed by atoms with Crippen LogP contribution in [0.25, 0.3) is 5.65 Å². The molecule has 1 saturated heterocycles. The van der Waals surface area contributed by atoms with E-state index in [-0.39, 0.29) is 18.1 Å². The summed E-state index contributed by atoms with van der Waals surface area (Å²) in [5, 5.41) is 7.35. The van der Waals surface area contributed by atoms with Crippen molar-refractivity contribution in [1.82, 2.24) is 29.8 Å². The molecule has 1 N–H and O–H groups in total. The molecule has 0 radical (unpaired) electrons. The maximum Gasteiger partial charge on any atom is 0.263 e. The topological polar surface area (TPSA) is 84.7 Å². The molecule has 152 valence electrons. The van der Waals surface area contributed by atoms with Crippen molar-refractivity contribution in [3.8, 4) is 0 Å². The fraction of sp³-hybridized carbons (Fsp3) is 0.500. The molecule has 4 atom stereocenters. The quantitative estimate of drug-likeness (QED) is 0.688. The van der Waals surface area contributed by atoms with E-state index in [1.54, 1.807) is 29.7 Å². The Labute approximate surface area is 172 Å².